The molecule has 0 aliphatic rings. The van der Waals surface area contributed by atoms with Gasteiger partial charge in [-0.25, -0.2) is 4.39 Å². The Bertz CT molecular complexity index is 514. The summed E-state index contributed by atoms with van der Waals surface area (Å²) in [6, 6.07) is 0. The first kappa shape index (κ1) is 25.7. The molecule has 27 heavy (non-hydrogen) atoms. The standard InChI is InChI=1S/C8HF17O2/c9-1(2(10,11)12)26-8(24,25)4(15,6(19,20)21)27-7(22,23)3(13,14)5(16,17)18/h1H/t1-,4+/m1/s1. The van der Waals surface area contributed by atoms with Crippen molar-refractivity contribution in [3.05, 3.63) is 0 Å². The van der Waals surface area contributed by atoms with Crippen molar-refractivity contribution in [2.75, 3.05) is 0 Å². The zero-order valence-corrected chi connectivity index (χ0v) is 11.3. The van der Waals surface area contributed by atoms with Crippen LogP contribution in [-0.2, 0) is 9.47 Å². The van der Waals surface area contributed by atoms with E-state index in [1.165, 1.54) is 4.74 Å². The fourth-order valence-corrected chi connectivity index (χ4v) is 0.961. The SMILES string of the molecule is F[C@H](OC(F)(F)[C@@](F)(OC(F)(F)C(F)(F)C(F)(F)F)C(F)(F)F)C(F)(F)F. The lowest BCUT2D eigenvalue weighted by Crippen LogP contribution is -2.66. The number of alkyl halides is 17. The minimum Gasteiger partial charge on any atom is -0.272 e. The fraction of sp³-hybridized carbons (Fsp3) is 1.00. The van der Waals surface area contributed by atoms with Crippen LogP contribution in [-0.4, -0.2) is 48.9 Å². The lowest BCUT2D eigenvalue weighted by molar-refractivity contribution is -0.543. The fourth-order valence-electron chi connectivity index (χ4n) is 0.961. The molecule has 164 valence electrons. The molecule has 2 nitrogen and oxygen atoms in total. The number of rotatable bonds is 6. The Morgan fingerprint density at radius 1 is 0.519 bits per heavy atom. The first-order valence-corrected chi connectivity index (χ1v) is 5.38. The Kier molecular flexibility index (Phi) is 6.35. The third-order valence-electron chi connectivity index (χ3n) is 2.24. The van der Waals surface area contributed by atoms with E-state index >= 15 is 0 Å². The molecule has 0 bridgehead atoms. The Hall–Kier alpha value is -1.27. The summed E-state index contributed by atoms with van der Waals surface area (Å²) in [5.74, 6) is -15.5. The summed E-state index contributed by atoms with van der Waals surface area (Å²) in [4.78, 5) is 0. The first-order chi connectivity index (χ1) is 11.3. The van der Waals surface area contributed by atoms with Crippen LogP contribution < -0.4 is 0 Å². The maximum absolute atomic E-state index is 13.3. The topological polar surface area (TPSA) is 18.5 Å². The van der Waals surface area contributed by atoms with Crippen LogP contribution in [0.25, 0.3) is 0 Å². The van der Waals surface area contributed by atoms with Crippen molar-refractivity contribution in [2.24, 2.45) is 0 Å². The van der Waals surface area contributed by atoms with Gasteiger partial charge in [0, 0.05) is 0 Å². The first-order valence-electron chi connectivity index (χ1n) is 5.38. The van der Waals surface area contributed by atoms with E-state index < -0.39 is 48.9 Å². The molecule has 0 heterocycles. The minimum atomic E-state index is -7.78. The zero-order chi connectivity index (χ0) is 22.5. The van der Waals surface area contributed by atoms with Crippen molar-refractivity contribution >= 4 is 0 Å². The third-order valence-corrected chi connectivity index (χ3v) is 2.24. The summed E-state index contributed by atoms with van der Waals surface area (Å²) in [6.45, 7) is 0. The number of hydrogen-bond donors (Lipinski definition) is 0. The molecule has 0 rings (SSSR count). The average molecular weight is 452 g/mol. The molecule has 0 N–H and O–H groups in total. The lowest BCUT2D eigenvalue weighted by atomic mass is 10.2. The van der Waals surface area contributed by atoms with Crippen molar-refractivity contribution in [3.8, 4) is 0 Å². The Balaban J connectivity index is 6.21. The van der Waals surface area contributed by atoms with Crippen LogP contribution >= 0.6 is 0 Å². The van der Waals surface area contributed by atoms with Crippen molar-refractivity contribution in [2.45, 2.75) is 48.9 Å². The van der Waals surface area contributed by atoms with E-state index in [1.54, 1.807) is 4.74 Å². The van der Waals surface area contributed by atoms with E-state index in [-0.39, 0.29) is 0 Å². The van der Waals surface area contributed by atoms with Crippen LogP contribution in [0.1, 0.15) is 0 Å². The van der Waals surface area contributed by atoms with Gasteiger partial charge in [-0.2, -0.15) is 70.2 Å². The maximum Gasteiger partial charge on any atom is 0.462 e. The van der Waals surface area contributed by atoms with Crippen LogP contribution in [0, 0.1) is 0 Å². The van der Waals surface area contributed by atoms with Gasteiger partial charge >= 0.3 is 42.5 Å². The van der Waals surface area contributed by atoms with E-state index in [4.69, 9.17) is 0 Å². The lowest BCUT2D eigenvalue weighted by Gasteiger charge is -2.38. The molecule has 0 unspecified atom stereocenters. The highest BCUT2D eigenvalue weighted by molar-refractivity contribution is 4.93. The monoisotopic (exact) mass is 452 g/mol. The van der Waals surface area contributed by atoms with Crippen molar-refractivity contribution in [1.82, 2.24) is 0 Å². The minimum absolute atomic E-state index is 1.26. The summed E-state index contributed by atoms with van der Waals surface area (Å²) in [5.41, 5.74) is 0. The van der Waals surface area contributed by atoms with Crippen LogP contribution in [0.5, 0.6) is 0 Å². The molecule has 0 aromatic rings. The molecule has 0 amide bonds. The molecule has 0 aromatic heterocycles. The third kappa shape index (κ3) is 4.77. The number of hydrogen-bond acceptors (Lipinski definition) is 2. The second kappa shape index (κ2) is 6.66. The van der Waals surface area contributed by atoms with Gasteiger partial charge in [-0.3, -0.25) is 9.47 Å². The zero-order valence-electron chi connectivity index (χ0n) is 11.3. The van der Waals surface area contributed by atoms with E-state index in [1.807, 2.05) is 0 Å². The van der Waals surface area contributed by atoms with Gasteiger partial charge < -0.3 is 0 Å². The Morgan fingerprint density at radius 2 is 0.889 bits per heavy atom. The molecule has 0 fully saturated rings. The molecular weight excluding hydrogens is 451 g/mol. The van der Waals surface area contributed by atoms with Crippen molar-refractivity contribution in [1.29, 1.82) is 0 Å². The predicted octanol–water partition coefficient (Wildman–Crippen LogP) is 5.49. The summed E-state index contributed by atoms with van der Waals surface area (Å²) in [7, 11) is 0. The van der Waals surface area contributed by atoms with Gasteiger partial charge in [0.2, 0.25) is 0 Å². The number of ether oxygens (including phenoxy) is 2. The molecule has 2 atom stereocenters. The molecule has 0 radical (unpaired) electrons. The molecule has 0 aromatic carbocycles. The van der Waals surface area contributed by atoms with Gasteiger partial charge in [0.1, 0.15) is 0 Å². The van der Waals surface area contributed by atoms with Gasteiger partial charge in [-0.15, -0.1) is 0 Å². The van der Waals surface area contributed by atoms with Crippen LogP contribution in [0.15, 0.2) is 0 Å². The molecule has 0 aliphatic heterocycles. The molecule has 0 saturated heterocycles. The second-order valence-corrected chi connectivity index (χ2v) is 4.28. The van der Waals surface area contributed by atoms with Crippen LogP contribution in [0.3, 0.4) is 0 Å². The average Bonchev–Trinajstić information content (AvgIpc) is 2.33. The summed E-state index contributed by atoms with van der Waals surface area (Å²) in [5, 5.41) is 0. The van der Waals surface area contributed by atoms with E-state index in [2.05, 4.69) is 0 Å². The summed E-state index contributed by atoms with van der Waals surface area (Å²) < 4.78 is 211. The quantitative estimate of drug-likeness (QED) is 0.497. The molecule has 0 saturated carbocycles. The second-order valence-electron chi connectivity index (χ2n) is 4.28. The Morgan fingerprint density at radius 3 is 1.15 bits per heavy atom. The van der Waals surface area contributed by atoms with Gasteiger partial charge in [-0.05, 0) is 0 Å². The highest BCUT2D eigenvalue weighted by atomic mass is 19.4. The van der Waals surface area contributed by atoms with E-state index in [0.29, 0.717) is 0 Å². The normalized spacial score (nSPS) is 19.0. The van der Waals surface area contributed by atoms with Gasteiger partial charge in [0.15, 0.2) is 0 Å². The van der Waals surface area contributed by atoms with Crippen LogP contribution in [0.4, 0.5) is 74.6 Å². The van der Waals surface area contributed by atoms with E-state index in [9.17, 15) is 74.6 Å². The highest BCUT2D eigenvalue weighted by Gasteiger charge is 2.84. The largest absolute Gasteiger partial charge is 0.462 e. The maximum atomic E-state index is 13.3. The van der Waals surface area contributed by atoms with Crippen molar-refractivity contribution < 1.29 is 84.1 Å². The van der Waals surface area contributed by atoms with Gasteiger partial charge in [0.05, 0.1) is 0 Å². The highest BCUT2D eigenvalue weighted by Crippen LogP contribution is 2.55. The Labute approximate surface area is 134 Å². The molecule has 0 aliphatic carbocycles. The summed E-state index contributed by atoms with van der Waals surface area (Å²) >= 11 is 0. The molecular formula is C8HF17O2. The molecule has 19 heteroatoms. The summed E-state index contributed by atoms with van der Waals surface area (Å²) in [6.07, 6.45) is -42.7. The smallest absolute Gasteiger partial charge is 0.272 e. The van der Waals surface area contributed by atoms with Gasteiger partial charge in [0.25, 0.3) is 6.36 Å². The number of halogens is 17. The van der Waals surface area contributed by atoms with Crippen molar-refractivity contribution in [3.63, 3.8) is 0 Å². The van der Waals surface area contributed by atoms with E-state index in [0.717, 1.165) is 0 Å². The van der Waals surface area contributed by atoms with Gasteiger partial charge in [-0.1, -0.05) is 0 Å². The van der Waals surface area contributed by atoms with Crippen LogP contribution in [0.2, 0.25) is 0 Å². The molecule has 0 spiro atoms. The predicted molar refractivity (Wildman–Crippen MR) is 43.9 cm³/mol.